The molecule has 0 fully saturated rings. The van der Waals surface area contributed by atoms with E-state index in [1.54, 1.807) is 6.07 Å². The third-order valence-electron chi connectivity index (χ3n) is 2.38. The van der Waals surface area contributed by atoms with Crippen LogP contribution in [0.25, 0.3) is 21.8 Å². The van der Waals surface area contributed by atoms with E-state index < -0.39 is 0 Å². The summed E-state index contributed by atoms with van der Waals surface area (Å²) >= 11 is 0. The maximum absolute atomic E-state index is 13.0. The largest absolute Gasteiger partial charge is 0.297 e. The Morgan fingerprint density at radius 2 is 2.07 bits per heavy atom. The molecular formula is C10H6FN3O. The van der Waals surface area contributed by atoms with Crippen molar-refractivity contribution in [3.05, 3.63) is 40.6 Å². The maximum atomic E-state index is 13.0. The predicted octanol–water partition coefficient (Wildman–Crippen LogP) is 1.54. The van der Waals surface area contributed by atoms with Gasteiger partial charge in [-0.3, -0.25) is 20.0 Å². The third kappa shape index (κ3) is 1.06. The highest BCUT2D eigenvalue weighted by Gasteiger charge is 2.06. The first kappa shape index (κ1) is 8.16. The Morgan fingerprint density at radius 3 is 2.93 bits per heavy atom. The molecule has 0 atom stereocenters. The topological polar surface area (TPSA) is 61.5 Å². The molecule has 0 spiro atoms. The van der Waals surface area contributed by atoms with Gasteiger partial charge in [0.15, 0.2) is 0 Å². The van der Waals surface area contributed by atoms with Gasteiger partial charge in [-0.15, -0.1) is 0 Å². The number of pyridine rings is 1. The van der Waals surface area contributed by atoms with Gasteiger partial charge in [0.25, 0.3) is 5.56 Å². The lowest BCUT2D eigenvalue weighted by atomic mass is 10.2. The number of rotatable bonds is 0. The zero-order valence-electron chi connectivity index (χ0n) is 7.54. The predicted molar refractivity (Wildman–Crippen MR) is 54.2 cm³/mol. The van der Waals surface area contributed by atoms with Crippen molar-refractivity contribution in [2.24, 2.45) is 0 Å². The molecule has 0 amide bonds. The van der Waals surface area contributed by atoms with Crippen LogP contribution >= 0.6 is 0 Å². The summed E-state index contributed by atoms with van der Waals surface area (Å²) in [6.45, 7) is 0. The zero-order chi connectivity index (χ0) is 10.4. The van der Waals surface area contributed by atoms with E-state index >= 15 is 0 Å². The first-order valence-corrected chi connectivity index (χ1v) is 4.40. The van der Waals surface area contributed by atoms with Gasteiger partial charge in [0.1, 0.15) is 5.82 Å². The van der Waals surface area contributed by atoms with E-state index in [9.17, 15) is 9.18 Å². The highest BCUT2D eigenvalue weighted by Crippen LogP contribution is 2.19. The summed E-state index contributed by atoms with van der Waals surface area (Å²) in [4.78, 5) is 15.4. The number of nitrogens with one attached hydrogen (secondary N) is 2. The molecule has 0 unspecified atom stereocenters. The van der Waals surface area contributed by atoms with Gasteiger partial charge in [0, 0.05) is 11.6 Å². The monoisotopic (exact) mass is 203 g/mol. The molecule has 2 heterocycles. The standard InChI is InChI=1S/C10H6FN3O/c11-5-1-2-8-6(3-5)9-7(4-12-8)10(15)14-13-9/h1-4H,(H2,13,14,15). The molecule has 3 rings (SSSR count). The number of benzene rings is 1. The summed E-state index contributed by atoms with van der Waals surface area (Å²) in [6, 6.07) is 4.27. The van der Waals surface area contributed by atoms with Crippen LogP contribution in [0.4, 0.5) is 4.39 Å². The van der Waals surface area contributed by atoms with Crippen LogP contribution in [0.3, 0.4) is 0 Å². The van der Waals surface area contributed by atoms with Crippen LogP contribution in [0.15, 0.2) is 29.2 Å². The van der Waals surface area contributed by atoms with Gasteiger partial charge in [-0.2, -0.15) is 0 Å². The first-order valence-electron chi connectivity index (χ1n) is 4.40. The summed E-state index contributed by atoms with van der Waals surface area (Å²) in [7, 11) is 0. The lowest BCUT2D eigenvalue weighted by molar-refractivity contribution is 0.629. The molecule has 0 aliphatic carbocycles. The van der Waals surface area contributed by atoms with Gasteiger partial charge in [-0.1, -0.05) is 0 Å². The minimum Gasteiger partial charge on any atom is -0.297 e. The molecule has 0 saturated heterocycles. The van der Waals surface area contributed by atoms with Gasteiger partial charge >= 0.3 is 0 Å². The highest BCUT2D eigenvalue weighted by molar-refractivity contribution is 6.02. The normalized spacial score (nSPS) is 11.3. The molecule has 4 nitrogen and oxygen atoms in total. The van der Waals surface area contributed by atoms with Gasteiger partial charge in [0.05, 0.1) is 16.4 Å². The number of nitrogens with zero attached hydrogens (tertiary/aromatic N) is 1. The summed E-state index contributed by atoms with van der Waals surface area (Å²) in [5.41, 5.74) is 0.993. The van der Waals surface area contributed by atoms with Crippen molar-refractivity contribution >= 4 is 21.8 Å². The van der Waals surface area contributed by atoms with Gasteiger partial charge in [0.2, 0.25) is 0 Å². The quantitative estimate of drug-likeness (QED) is 0.582. The third-order valence-corrected chi connectivity index (χ3v) is 2.38. The van der Waals surface area contributed by atoms with Gasteiger partial charge in [-0.25, -0.2) is 4.39 Å². The second kappa shape index (κ2) is 2.66. The Morgan fingerprint density at radius 1 is 1.20 bits per heavy atom. The lowest BCUT2D eigenvalue weighted by Crippen LogP contribution is -1.97. The van der Waals surface area contributed by atoms with Crippen molar-refractivity contribution in [3.63, 3.8) is 0 Å². The number of halogens is 1. The molecule has 2 aromatic heterocycles. The van der Waals surface area contributed by atoms with Crippen LogP contribution in [0.5, 0.6) is 0 Å². The average Bonchev–Trinajstić information content (AvgIpc) is 2.61. The number of aromatic amines is 2. The van der Waals surface area contributed by atoms with Gasteiger partial charge < -0.3 is 0 Å². The zero-order valence-corrected chi connectivity index (χ0v) is 7.54. The SMILES string of the molecule is O=c1[nH][nH]c2c1cnc1ccc(F)cc12. The summed E-state index contributed by atoms with van der Waals surface area (Å²) in [6.07, 6.45) is 1.48. The van der Waals surface area contributed by atoms with E-state index in [1.807, 2.05) is 0 Å². The number of aromatic nitrogens is 3. The Kier molecular flexibility index (Phi) is 1.45. The molecule has 0 radical (unpaired) electrons. The second-order valence-electron chi connectivity index (χ2n) is 3.29. The van der Waals surface area contributed by atoms with Crippen LogP contribution in [0, 0.1) is 5.82 Å². The molecule has 5 heteroatoms. The summed E-state index contributed by atoms with van der Waals surface area (Å²) in [5, 5.41) is 6.20. The number of fused-ring (bicyclic) bond motifs is 3. The van der Waals surface area contributed by atoms with Crippen molar-refractivity contribution in [3.8, 4) is 0 Å². The second-order valence-corrected chi connectivity index (χ2v) is 3.29. The van der Waals surface area contributed by atoms with E-state index in [2.05, 4.69) is 15.2 Å². The summed E-state index contributed by atoms with van der Waals surface area (Å²) < 4.78 is 13.0. The molecule has 74 valence electrons. The molecule has 0 aliphatic heterocycles. The van der Waals surface area contributed by atoms with Crippen molar-refractivity contribution in [2.45, 2.75) is 0 Å². The Hall–Kier alpha value is -2.17. The minimum atomic E-state index is -0.348. The molecule has 0 bridgehead atoms. The van der Waals surface area contributed by atoms with E-state index in [4.69, 9.17) is 0 Å². The fourth-order valence-electron chi connectivity index (χ4n) is 1.66. The Bertz CT molecular complexity index is 713. The smallest absolute Gasteiger partial charge is 0.273 e. The number of H-pyrrole nitrogens is 2. The van der Waals surface area contributed by atoms with Crippen molar-refractivity contribution in [2.75, 3.05) is 0 Å². The van der Waals surface area contributed by atoms with Crippen LogP contribution in [-0.4, -0.2) is 15.2 Å². The number of hydrogen-bond acceptors (Lipinski definition) is 2. The maximum Gasteiger partial charge on any atom is 0.273 e. The summed E-state index contributed by atoms with van der Waals surface area (Å²) in [5.74, 6) is -0.348. The molecule has 3 aromatic rings. The van der Waals surface area contributed by atoms with E-state index in [0.717, 1.165) is 0 Å². The molecule has 1 aromatic carbocycles. The van der Waals surface area contributed by atoms with E-state index in [1.165, 1.54) is 18.3 Å². The Labute approximate surface area is 82.7 Å². The van der Waals surface area contributed by atoms with Gasteiger partial charge in [-0.05, 0) is 18.2 Å². The van der Waals surface area contributed by atoms with Crippen LogP contribution < -0.4 is 5.56 Å². The van der Waals surface area contributed by atoms with E-state index in [0.29, 0.717) is 21.8 Å². The highest BCUT2D eigenvalue weighted by atomic mass is 19.1. The molecule has 15 heavy (non-hydrogen) atoms. The van der Waals surface area contributed by atoms with Crippen molar-refractivity contribution in [1.29, 1.82) is 0 Å². The van der Waals surface area contributed by atoms with Crippen LogP contribution in [0.2, 0.25) is 0 Å². The molecular weight excluding hydrogens is 197 g/mol. The lowest BCUT2D eigenvalue weighted by Gasteiger charge is -1.97. The fraction of sp³-hybridized carbons (Fsp3) is 0. The molecule has 0 saturated carbocycles. The minimum absolute atomic E-state index is 0.247. The number of hydrogen-bond donors (Lipinski definition) is 2. The first-order chi connectivity index (χ1) is 7.25. The molecule has 2 N–H and O–H groups in total. The molecule has 0 aliphatic rings. The van der Waals surface area contributed by atoms with Crippen molar-refractivity contribution in [1.82, 2.24) is 15.2 Å². The fourth-order valence-corrected chi connectivity index (χ4v) is 1.66. The average molecular weight is 203 g/mol. The van der Waals surface area contributed by atoms with E-state index in [-0.39, 0.29) is 11.4 Å². The van der Waals surface area contributed by atoms with Crippen LogP contribution in [-0.2, 0) is 0 Å². The Balaban J connectivity index is 2.63. The van der Waals surface area contributed by atoms with Crippen molar-refractivity contribution < 1.29 is 4.39 Å². The van der Waals surface area contributed by atoms with Crippen LogP contribution in [0.1, 0.15) is 0 Å².